The standard InChI is InChI=1S/C15H16N2O2/c1-3-12-14(15(16)18)11(8-9-17-12)10-6-4-5-7-13(10)19-2/h4-9H,3H2,1-2H3,(H2,16,18). The normalized spacial score (nSPS) is 10.2. The highest BCUT2D eigenvalue weighted by molar-refractivity contribution is 6.01. The minimum atomic E-state index is -0.467. The van der Waals surface area contributed by atoms with Crippen LogP contribution in [0, 0.1) is 0 Å². The van der Waals surface area contributed by atoms with Gasteiger partial charge in [0.15, 0.2) is 0 Å². The number of aromatic nitrogens is 1. The number of hydrogen-bond acceptors (Lipinski definition) is 3. The highest BCUT2D eigenvalue weighted by Gasteiger charge is 2.17. The van der Waals surface area contributed by atoms with E-state index in [9.17, 15) is 4.79 Å². The van der Waals surface area contributed by atoms with Crippen LogP contribution in [0.25, 0.3) is 11.1 Å². The molecule has 1 amide bonds. The van der Waals surface area contributed by atoms with Crippen LogP contribution in [0.3, 0.4) is 0 Å². The molecule has 4 nitrogen and oxygen atoms in total. The van der Waals surface area contributed by atoms with Gasteiger partial charge in [-0.25, -0.2) is 0 Å². The summed E-state index contributed by atoms with van der Waals surface area (Å²) >= 11 is 0. The van der Waals surface area contributed by atoms with E-state index in [1.165, 1.54) is 0 Å². The lowest BCUT2D eigenvalue weighted by Crippen LogP contribution is -2.16. The SMILES string of the molecule is CCc1nccc(-c2ccccc2OC)c1C(N)=O. The lowest BCUT2D eigenvalue weighted by Gasteiger charge is -2.13. The van der Waals surface area contributed by atoms with Crippen LogP contribution in [-0.4, -0.2) is 18.0 Å². The van der Waals surface area contributed by atoms with Gasteiger partial charge in [-0.3, -0.25) is 9.78 Å². The summed E-state index contributed by atoms with van der Waals surface area (Å²) < 4.78 is 5.34. The van der Waals surface area contributed by atoms with Gasteiger partial charge in [0.25, 0.3) is 5.91 Å². The zero-order valence-corrected chi connectivity index (χ0v) is 11.0. The molecule has 0 saturated carbocycles. The second-order valence-electron chi connectivity index (χ2n) is 4.10. The molecular formula is C15H16N2O2. The van der Waals surface area contributed by atoms with Gasteiger partial charge >= 0.3 is 0 Å². The number of ether oxygens (including phenoxy) is 1. The van der Waals surface area contributed by atoms with E-state index in [0.717, 1.165) is 11.1 Å². The van der Waals surface area contributed by atoms with E-state index in [1.54, 1.807) is 19.4 Å². The Hall–Kier alpha value is -2.36. The van der Waals surface area contributed by atoms with Crippen molar-refractivity contribution in [2.24, 2.45) is 5.73 Å². The second kappa shape index (κ2) is 5.52. The molecule has 0 spiro atoms. The average Bonchev–Trinajstić information content (AvgIpc) is 2.46. The van der Waals surface area contributed by atoms with Gasteiger partial charge in [0.1, 0.15) is 5.75 Å². The Balaban J connectivity index is 2.71. The van der Waals surface area contributed by atoms with Gasteiger partial charge < -0.3 is 10.5 Å². The first-order valence-corrected chi connectivity index (χ1v) is 6.10. The van der Waals surface area contributed by atoms with Gasteiger partial charge in [-0.2, -0.15) is 0 Å². The van der Waals surface area contributed by atoms with Crippen molar-refractivity contribution in [3.63, 3.8) is 0 Å². The van der Waals surface area contributed by atoms with Gasteiger partial charge in [0, 0.05) is 17.3 Å². The van der Waals surface area contributed by atoms with Gasteiger partial charge in [-0.1, -0.05) is 25.1 Å². The van der Waals surface area contributed by atoms with Gasteiger partial charge in [0.2, 0.25) is 0 Å². The largest absolute Gasteiger partial charge is 0.496 e. The molecule has 1 heterocycles. The minimum absolute atomic E-state index is 0.467. The first-order chi connectivity index (χ1) is 9.19. The maximum Gasteiger partial charge on any atom is 0.251 e. The molecule has 0 fully saturated rings. The highest BCUT2D eigenvalue weighted by atomic mass is 16.5. The number of pyridine rings is 1. The predicted molar refractivity (Wildman–Crippen MR) is 74.1 cm³/mol. The fraction of sp³-hybridized carbons (Fsp3) is 0.200. The number of amides is 1. The predicted octanol–water partition coefficient (Wildman–Crippen LogP) is 2.42. The Labute approximate surface area is 112 Å². The zero-order valence-electron chi connectivity index (χ0n) is 11.0. The van der Waals surface area contributed by atoms with Crippen LogP contribution in [0.15, 0.2) is 36.5 Å². The number of carbonyl (C=O) groups is 1. The summed E-state index contributed by atoms with van der Waals surface area (Å²) in [6.07, 6.45) is 2.34. The van der Waals surface area contributed by atoms with E-state index in [4.69, 9.17) is 10.5 Å². The molecule has 98 valence electrons. The lowest BCUT2D eigenvalue weighted by molar-refractivity contribution is 0.0999. The van der Waals surface area contributed by atoms with Crippen LogP contribution < -0.4 is 10.5 Å². The summed E-state index contributed by atoms with van der Waals surface area (Å²) in [5, 5.41) is 0. The molecule has 2 rings (SSSR count). The maximum absolute atomic E-state index is 11.7. The number of nitrogens with two attached hydrogens (primary N) is 1. The molecule has 2 N–H and O–H groups in total. The molecule has 0 bridgehead atoms. The number of para-hydroxylation sites is 1. The number of primary amides is 1. The molecule has 0 radical (unpaired) electrons. The van der Waals surface area contributed by atoms with Gasteiger partial charge in [-0.05, 0) is 18.6 Å². The van der Waals surface area contributed by atoms with Crippen molar-refractivity contribution in [1.29, 1.82) is 0 Å². The maximum atomic E-state index is 11.7. The molecule has 4 heteroatoms. The van der Waals surface area contributed by atoms with Crippen molar-refractivity contribution >= 4 is 5.91 Å². The van der Waals surface area contributed by atoms with Crippen LogP contribution in [-0.2, 0) is 6.42 Å². The lowest BCUT2D eigenvalue weighted by atomic mass is 9.97. The third kappa shape index (κ3) is 2.42. The molecule has 1 aromatic carbocycles. The van der Waals surface area contributed by atoms with Crippen molar-refractivity contribution in [2.45, 2.75) is 13.3 Å². The third-order valence-electron chi connectivity index (χ3n) is 3.01. The summed E-state index contributed by atoms with van der Waals surface area (Å²) in [7, 11) is 1.60. The van der Waals surface area contributed by atoms with Crippen LogP contribution >= 0.6 is 0 Å². The van der Waals surface area contributed by atoms with Crippen molar-refractivity contribution in [3.05, 3.63) is 47.8 Å². The van der Waals surface area contributed by atoms with E-state index in [0.29, 0.717) is 23.4 Å². The molecule has 0 aliphatic rings. The van der Waals surface area contributed by atoms with Gasteiger partial charge in [-0.15, -0.1) is 0 Å². The summed E-state index contributed by atoms with van der Waals surface area (Å²) in [4.78, 5) is 15.9. The number of benzene rings is 1. The molecule has 2 aromatic rings. The topological polar surface area (TPSA) is 65.2 Å². The van der Waals surface area contributed by atoms with Crippen LogP contribution in [0.4, 0.5) is 0 Å². The van der Waals surface area contributed by atoms with Crippen molar-refractivity contribution in [2.75, 3.05) is 7.11 Å². The van der Waals surface area contributed by atoms with E-state index in [-0.39, 0.29) is 0 Å². The number of methoxy groups -OCH3 is 1. The van der Waals surface area contributed by atoms with Crippen molar-refractivity contribution in [1.82, 2.24) is 4.98 Å². The molecule has 1 aromatic heterocycles. The van der Waals surface area contributed by atoms with Crippen LogP contribution in [0.1, 0.15) is 23.0 Å². The Morgan fingerprint density at radius 2 is 2.00 bits per heavy atom. The summed E-state index contributed by atoms with van der Waals surface area (Å²) in [5.74, 6) is 0.240. The number of aryl methyl sites for hydroxylation is 1. The van der Waals surface area contributed by atoms with Crippen LogP contribution in [0.2, 0.25) is 0 Å². The Bertz CT molecular complexity index is 609. The van der Waals surface area contributed by atoms with Gasteiger partial charge in [0.05, 0.1) is 18.4 Å². The van der Waals surface area contributed by atoms with Crippen molar-refractivity contribution in [3.8, 4) is 16.9 Å². The monoisotopic (exact) mass is 256 g/mol. The Morgan fingerprint density at radius 3 is 2.63 bits per heavy atom. The summed E-state index contributed by atoms with van der Waals surface area (Å²) in [6.45, 7) is 1.95. The molecule has 0 saturated heterocycles. The highest BCUT2D eigenvalue weighted by Crippen LogP contribution is 2.32. The van der Waals surface area contributed by atoms with E-state index >= 15 is 0 Å². The summed E-state index contributed by atoms with van der Waals surface area (Å²) in [6, 6.07) is 9.33. The number of carbonyl (C=O) groups excluding carboxylic acids is 1. The number of nitrogens with zero attached hydrogens (tertiary/aromatic N) is 1. The second-order valence-corrected chi connectivity index (χ2v) is 4.10. The zero-order chi connectivity index (χ0) is 13.8. The quantitative estimate of drug-likeness (QED) is 0.913. The number of rotatable bonds is 4. The molecule has 0 aliphatic heterocycles. The molecular weight excluding hydrogens is 240 g/mol. The first-order valence-electron chi connectivity index (χ1n) is 6.10. The fourth-order valence-electron chi connectivity index (χ4n) is 2.14. The smallest absolute Gasteiger partial charge is 0.251 e. The molecule has 0 atom stereocenters. The summed E-state index contributed by atoms with van der Waals surface area (Å²) in [5.41, 5.74) is 8.28. The van der Waals surface area contributed by atoms with Crippen LogP contribution in [0.5, 0.6) is 5.75 Å². The molecule has 19 heavy (non-hydrogen) atoms. The van der Waals surface area contributed by atoms with E-state index in [2.05, 4.69) is 4.98 Å². The number of hydrogen-bond donors (Lipinski definition) is 1. The minimum Gasteiger partial charge on any atom is -0.496 e. The molecule has 0 aliphatic carbocycles. The van der Waals surface area contributed by atoms with E-state index < -0.39 is 5.91 Å². The van der Waals surface area contributed by atoms with E-state index in [1.807, 2.05) is 31.2 Å². The Morgan fingerprint density at radius 1 is 1.26 bits per heavy atom. The molecule has 0 unspecified atom stereocenters. The Kier molecular flexibility index (Phi) is 3.80. The van der Waals surface area contributed by atoms with Crippen molar-refractivity contribution < 1.29 is 9.53 Å². The first kappa shape index (κ1) is 13.1. The average molecular weight is 256 g/mol. The fourth-order valence-corrected chi connectivity index (χ4v) is 2.14. The third-order valence-corrected chi connectivity index (χ3v) is 3.01.